The first-order valence-corrected chi connectivity index (χ1v) is 7.26. The Hall–Kier alpha value is -1.40. The Morgan fingerprint density at radius 3 is 3.15 bits per heavy atom. The standard InChI is InChI=1S/C14H24N4O2/c1-17-10-13(8-16-17)4-6-18-5-2-3-12(11-18)7-15-9-14(19)20/h8,10,12,15H,2-7,9,11H2,1H3,(H,19,20). The second-order valence-electron chi connectivity index (χ2n) is 5.61. The van der Waals surface area contributed by atoms with Crippen LogP contribution in [0.1, 0.15) is 18.4 Å². The van der Waals surface area contributed by atoms with E-state index in [0.29, 0.717) is 5.92 Å². The van der Waals surface area contributed by atoms with Crippen molar-refractivity contribution < 1.29 is 9.90 Å². The molecule has 0 aliphatic carbocycles. The van der Waals surface area contributed by atoms with E-state index in [2.05, 4.69) is 21.5 Å². The van der Waals surface area contributed by atoms with Gasteiger partial charge in [-0.2, -0.15) is 5.10 Å². The van der Waals surface area contributed by atoms with Crippen LogP contribution < -0.4 is 5.32 Å². The molecule has 2 N–H and O–H groups in total. The number of rotatable bonds is 7. The van der Waals surface area contributed by atoms with E-state index in [1.165, 1.54) is 18.4 Å². The van der Waals surface area contributed by atoms with E-state index in [4.69, 9.17) is 5.11 Å². The lowest BCUT2D eigenvalue weighted by Crippen LogP contribution is -2.41. The summed E-state index contributed by atoms with van der Waals surface area (Å²) in [5.74, 6) is -0.216. The molecule has 1 aromatic heterocycles. The maximum absolute atomic E-state index is 10.5. The fourth-order valence-corrected chi connectivity index (χ4v) is 2.79. The van der Waals surface area contributed by atoms with Crippen LogP contribution in [0, 0.1) is 5.92 Å². The third kappa shape index (κ3) is 4.94. The molecule has 1 aromatic rings. The smallest absolute Gasteiger partial charge is 0.317 e. The number of likely N-dealkylation sites (tertiary alicyclic amines) is 1. The maximum Gasteiger partial charge on any atom is 0.317 e. The number of hydrogen-bond donors (Lipinski definition) is 2. The summed E-state index contributed by atoms with van der Waals surface area (Å²) in [6.45, 7) is 4.13. The molecule has 112 valence electrons. The summed E-state index contributed by atoms with van der Waals surface area (Å²) in [7, 11) is 1.94. The number of aliphatic carboxylic acids is 1. The fourth-order valence-electron chi connectivity index (χ4n) is 2.79. The third-order valence-electron chi connectivity index (χ3n) is 3.79. The lowest BCUT2D eigenvalue weighted by atomic mass is 9.97. The monoisotopic (exact) mass is 280 g/mol. The Morgan fingerprint density at radius 1 is 1.60 bits per heavy atom. The number of carboxylic acid groups (broad SMARTS) is 1. The van der Waals surface area contributed by atoms with Gasteiger partial charge in [0.05, 0.1) is 12.7 Å². The van der Waals surface area contributed by atoms with Gasteiger partial charge in [-0.15, -0.1) is 0 Å². The van der Waals surface area contributed by atoms with Crippen molar-refractivity contribution in [3.05, 3.63) is 18.0 Å². The van der Waals surface area contributed by atoms with E-state index in [9.17, 15) is 4.79 Å². The summed E-state index contributed by atoms with van der Waals surface area (Å²) in [6, 6.07) is 0. The van der Waals surface area contributed by atoms with Gasteiger partial charge in [-0.05, 0) is 43.8 Å². The van der Waals surface area contributed by atoms with Crippen LogP contribution in [-0.4, -0.2) is 58.5 Å². The molecule has 0 amide bonds. The van der Waals surface area contributed by atoms with Crippen LogP contribution >= 0.6 is 0 Å². The minimum atomic E-state index is -0.783. The minimum absolute atomic E-state index is 0.0617. The van der Waals surface area contributed by atoms with E-state index in [1.54, 1.807) is 0 Å². The Morgan fingerprint density at radius 2 is 2.45 bits per heavy atom. The van der Waals surface area contributed by atoms with E-state index in [-0.39, 0.29) is 6.54 Å². The molecule has 2 rings (SSSR count). The predicted octanol–water partition coefficient (Wildman–Crippen LogP) is 0.349. The average Bonchev–Trinajstić information content (AvgIpc) is 2.82. The van der Waals surface area contributed by atoms with Gasteiger partial charge < -0.3 is 15.3 Å². The zero-order valence-corrected chi connectivity index (χ0v) is 12.1. The largest absolute Gasteiger partial charge is 0.480 e. The lowest BCUT2D eigenvalue weighted by Gasteiger charge is -2.32. The van der Waals surface area contributed by atoms with Crippen molar-refractivity contribution in [3.8, 4) is 0 Å². The van der Waals surface area contributed by atoms with Gasteiger partial charge in [0.1, 0.15) is 0 Å². The molecule has 2 heterocycles. The molecule has 20 heavy (non-hydrogen) atoms. The molecule has 1 atom stereocenters. The second kappa shape index (κ2) is 7.40. The van der Waals surface area contributed by atoms with E-state index in [1.807, 2.05) is 17.9 Å². The van der Waals surface area contributed by atoms with Crippen molar-refractivity contribution in [1.82, 2.24) is 20.0 Å². The summed E-state index contributed by atoms with van der Waals surface area (Å²) in [4.78, 5) is 13.0. The normalized spacial score (nSPS) is 20.1. The van der Waals surface area contributed by atoms with Gasteiger partial charge in [-0.3, -0.25) is 9.48 Å². The highest BCUT2D eigenvalue weighted by atomic mass is 16.4. The first kappa shape index (κ1) is 15.0. The number of nitrogens with one attached hydrogen (secondary N) is 1. The van der Waals surface area contributed by atoms with Gasteiger partial charge in [0, 0.05) is 26.3 Å². The number of carboxylic acids is 1. The number of hydrogen-bond acceptors (Lipinski definition) is 4. The molecular formula is C14H24N4O2. The van der Waals surface area contributed by atoms with Crippen molar-refractivity contribution in [1.29, 1.82) is 0 Å². The highest BCUT2D eigenvalue weighted by molar-refractivity contribution is 5.68. The summed E-state index contributed by atoms with van der Waals surface area (Å²) < 4.78 is 1.84. The number of aromatic nitrogens is 2. The Kier molecular flexibility index (Phi) is 5.55. The molecule has 1 fully saturated rings. The first-order valence-electron chi connectivity index (χ1n) is 7.26. The van der Waals surface area contributed by atoms with Crippen LogP contribution in [0.4, 0.5) is 0 Å². The van der Waals surface area contributed by atoms with Crippen LogP contribution in [0.15, 0.2) is 12.4 Å². The summed E-state index contributed by atoms with van der Waals surface area (Å²) >= 11 is 0. The van der Waals surface area contributed by atoms with Crippen molar-refractivity contribution in [2.24, 2.45) is 13.0 Å². The molecule has 6 heteroatoms. The van der Waals surface area contributed by atoms with Crippen molar-refractivity contribution >= 4 is 5.97 Å². The maximum atomic E-state index is 10.5. The Balaban J connectivity index is 1.68. The Bertz CT molecular complexity index is 433. The van der Waals surface area contributed by atoms with Gasteiger partial charge >= 0.3 is 5.97 Å². The molecule has 1 aliphatic rings. The molecule has 1 saturated heterocycles. The molecule has 0 saturated carbocycles. The van der Waals surface area contributed by atoms with Gasteiger partial charge in [-0.1, -0.05) is 0 Å². The lowest BCUT2D eigenvalue weighted by molar-refractivity contribution is -0.136. The molecule has 1 aliphatic heterocycles. The van der Waals surface area contributed by atoms with Gasteiger partial charge in [0.25, 0.3) is 0 Å². The van der Waals surface area contributed by atoms with E-state index >= 15 is 0 Å². The summed E-state index contributed by atoms with van der Waals surface area (Å²) in [5.41, 5.74) is 1.28. The number of piperidine rings is 1. The van der Waals surface area contributed by atoms with Crippen LogP contribution in [0.2, 0.25) is 0 Å². The van der Waals surface area contributed by atoms with Gasteiger partial charge in [-0.25, -0.2) is 0 Å². The van der Waals surface area contributed by atoms with E-state index < -0.39 is 5.97 Å². The van der Waals surface area contributed by atoms with Crippen LogP contribution in [0.3, 0.4) is 0 Å². The highest BCUT2D eigenvalue weighted by Crippen LogP contribution is 2.16. The topological polar surface area (TPSA) is 70.4 Å². The highest BCUT2D eigenvalue weighted by Gasteiger charge is 2.19. The van der Waals surface area contributed by atoms with Crippen LogP contribution in [-0.2, 0) is 18.3 Å². The Labute approximate surface area is 119 Å². The first-order chi connectivity index (χ1) is 9.63. The summed E-state index contributed by atoms with van der Waals surface area (Å²) in [6.07, 6.45) is 7.41. The molecule has 0 bridgehead atoms. The van der Waals surface area contributed by atoms with Gasteiger partial charge in [0.15, 0.2) is 0 Å². The molecule has 0 aromatic carbocycles. The zero-order valence-electron chi connectivity index (χ0n) is 12.1. The molecule has 1 unspecified atom stereocenters. The summed E-state index contributed by atoms with van der Waals surface area (Å²) in [5, 5.41) is 15.8. The van der Waals surface area contributed by atoms with Crippen LogP contribution in [0.25, 0.3) is 0 Å². The molecular weight excluding hydrogens is 256 g/mol. The number of carbonyl (C=O) groups is 1. The third-order valence-corrected chi connectivity index (χ3v) is 3.79. The van der Waals surface area contributed by atoms with Crippen molar-refractivity contribution in [2.75, 3.05) is 32.7 Å². The average molecular weight is 280 g/mol. The fraction of sp³-hybridized carbons (Fsp3) is 0.714. The van der Waals surface area contributed by atoms with E-state index in [0.717, 1.165) is 32.6 Å². The van der Waals surface area contributed by atoms with Gasteiger partial charge in [0.2, 0.25) is 0 Å². The van der Waals surface area contributed by atoms with Crippen molar-refractivity contribution in [3.63, 3.8) is 0 Å². The molecule has 0 radical (unpaired) electrons. The quantitative estimate of drug-likeness (QED) is 0.754. The van der Waals surface area contributed by atoms with Crippen molar-refractivity contribution in [2.45, 2.75) is 19.3 Å². The number of aryl methyl sites for hydroxylation is 1. The molecule has 6 nitrogen and oxygen atoms in total. The minimum Gasteiger partial charge on any atom is -0.480 e. The molecule has 0 spiro atoms. The predicted molar refractivity (Wildman–Crippen MR) is 76.6 cm³/mol. The van der Waals surface area contributed by atoms with Crippen LogP contribution in [0.5, 0.6) is 0 Å². The SMILES string of the molecule is Cn1cc(CCN2CCCC(CNCC(=O)O)C2)cn1. The second-order valence-corrected chi connectivity index (χ2v) is 5.61. The number of nitrogens with zero attached hydrogens (tertiary/aromatic N) is 3. The zero-order chi connectivity index (χ0) is 14.4.